The molecule has 2 amide bonds. The first kappa shape index (κ1) is 13.2. The van der Waals surface area contributed by atoms with Crippen LogP contribution < -0.4 is 10.6 Å². The standard InChI is InChI=1S/C9H14N2O7/c12-2-3-5(14)6(15)7(16)9(18-3)8(17)10-1-4(13)11-9/h3,5-7,12,14-16H,1-2H2,(H,10,17)(H,11,13)/t3-,5-,6+,7-,9+/m1/s1. The maximum absolute atomic E-state index is 11.8. The highest BCUT2D eigenvalue weighted by atomic mass is 16.6. The molecule has 18 heavy (non-hydrogen) atoms. The summed E-state index contributed by atoms with van der Waals surface area (Å²) in [4.78, 5) is 23.0. The number of carbonyl (C=O) groups excluding carboxylic acids is 2. The summed E-state index contributed by atoms with van der Waals surface area (Å²) < 4.78 is 5.09. The Hall–Kier alpha value is -1.26. The summed E-state index contributed by atoms with van der Waals surface area (Å²) in [6, 6.07) is 0. The van der Waals surface area contributed by atoms with E-state index in [0.29, 0.717) is 0 Å². The Kier molecular flexibility index (Phi) is 3.25. The zero-order valence-corrected chi connectivity index (χ0v) is 9.24. The second-order valence-electron chi connectivity index (χ2n) is 4.23. The summed E-state index contributed by atoms with van der Waals surface area (Å²) in [5.41, 5.74) is -2.19. The van der Waals surface area contributed by atoms with E-state index in [1.807, 2.05) is 0 Å². The van der Waals surface area contributed by atoms with Gasteiger partial charge in [-0.2, -0.15) is 0 Å². The molecule has 2 heterocycles. The van der Waals surface area contributed by atoms with Crippen LogP contribution in [0.2, 0.25) is 0 Å². The van der Waals surface area contributed by atoms with Crippen molar-refractivity contribution in [2.24, 2.45) is 0 Å². The maximum atomic E-state index is 11.8. The predicted molar refractivity (Wildman–Crippen MR) is 53.9 cm³/mol. The van der Waals surface area contributed by atoms with Crippen LogP contribution in [0.3, 0.4) is 0 Å². The van der Waals surface area contributed by atoms with Crippen LogP contribution in [0, 0.1) is 0 Å². The summed E-state index contributed by atoms with van der Waals surface area (Å²) in [6.07, 6.45) is -6.45. The summed E-state index contributed by atoms with van der Waals surface area (Å²) in [5, 5.41) is 42.4. The molecule has 5 atom stereocenters. The molecule has 102 valence electrons. The number of amides is 2. The number of ether oxygens (including phenoxy) is 1. The molecule has 2 fully saturated rings. The number of hydrogen-bond donors (Lipinski definition) is 6. The molecule has 0 aromatic heterocycles. The molecule has 0 saturated carbocycles. The van der Waals surface area contributed by atoms with E-state index in [2.05, 4.69) is 10.6 Å². The van der Waals surface area contributed by atoms with E-state index in [9.17, 15) is 24.9 Å². The first-order valence-electron chi connectivity index (χ1n) is 5.34. The van der Waals surface area contributed by atoms with Crippen LogP contribution in [-0.4, -0.2) is 75.5 Å². The minimum atomic E-state index is -2.19. The third-order valence-corrected chi connectivity index (χ3v) is 3.06. The molecular formula is C9H14N2O7. The molecule has 0 aromatic rings. The van der Waals surface area contributed by atoms with Crippen molar-refractivity contribution in [3.8, 4) is 0 Å². The van der Waals surface area contributed by atoms with Crippen molar-refractivity contribution in [2.45, 2.75) is 30.1 Å². The molecule has 0 radical (unpaired) electrons. The van der Waals surface area contributed by atoms with Crippen molar-refractivity contribution >= 4 is 11.8 Å². The minimum Gasteiger partial charge on any atom is -0.394 e. The van der Waals surface area contributed by atoms with Crippen LogP contribution >= 0.6 is 0 Å². The predicted octanol–water partition coefficient (Wildman–Crippen LogP) is -4.60. The number of rotatable bonds is 1. The van der Waals surface area contributed by atoms with Gasteiger partial charge in [0.2, 0.25) is 5.91 Å². The van der Waals surface area contributed by atoms with Gasteiger partial charge in [0.25, 0.3) is 11.6 Å². The largest absolute Gasteiger partial charge is 0.394 e. The molecule has 0 unspecified atom stereocenters. The molecule has 2 aliphatic heterocycles. The maximum Gasteiger partial charge on any atom is 0.276 e. The fourth-order valence-electron chi connectivity index (χ4n) is 2.06. The molecule has 9 heteroatoms. The molecule has 0 bridgehead atoms. The molecular weight excluding hydrogens is 248 g/mol. The van der Waals surface area contributed by atoms with Gasteiger partial charge in [0.1, 0.15) is 24.4 Å². The Morgan fingerprint density at radius 2 is 1.94 bits per heavy atom. The van der Waals surface area contributed by atoms with Gasteiger partial charge < -0.3 is 35.8 Å². The molecule has 1 spiro atoms. The second kappa shape index (κ2) is 4.44. The van der Waals surface area contributed by atoms with Crippen LogP contribution in [-0.2, 0) is 14.3 Å². The van der Waals surface area contributed by atoms with E-state index in [1.54, 1.807) is 0 Å². The van der Waals surface area contributed by atoms with Crippen LogP contribution in [0.5, 0.6) is 0 Å². The Morgan fingerprint density at radius 1 is 1.28 bits per heavy atom. The van der Waals surface area contributed by atoms with Gasteiger partial charge in [0.15, 0.2) is 0 Å². The van der Waals surface area contributed by atoms with Gasteiger partial charge in [0.05, 0.1) is 13.2 Å². The molecule has 2 saturated heterocycles. The number of aliphatic hydroxyl groups excluding tert-OH is 4. The Labute approximate surface area is 101 Å². The van der Waals surface area contributed by atoms with Crippen LogP contribution in [0.15, 0.2) is 0 Å². The SMILES string of the molecule is O=C1CNC(=O)[C@@]2(N1)O[C@H](CO)[C@@H](O)[C@H](O)[C@H]2O. The Morgan fingerprint density at radius 3 is 2.56 bits per heavy atom. The van der Waals surface area contributed by atoms with Gasteiger partial charge in [-0.3, -0.25) is 9.59 Å². The van der Waals surface area contributed by atoms with E-state index in [4.69, 9.17) is 9.84 Å². The quantitative estimate of drug-likeness (QED) is 0.278. The first-order valence-corrected chi connectivity index (χ1v) is 5.34. The van der Waals surface area contributed by atoms with E-state index >= 15 is 0 Å². The lowest BCUT2D eigenvalue weighted by Gasteiger charge is -2.48. The number of hydrogen-bond acceptors (Lipinski definition) is 7. The fraction of sp³-hybridized carbons (Fsp3) is 0.778. The van der Waals surface area contributed by atoms with Crippen LogP contribution in [0.25, 0.3) is 0 Å². The lowest BCUT2D eigenvalue weighted by atomic mass is 9.89. The zero-order chi connectivity index (χ0) is 13.5. The highest BCUT2D eigenvalue weighted by Crippen LogP contribution is 2.29. The number of carbonyl (C=O) groups is 2. The van der Waals surface area contributed by atoms with Gasteiger partial charge >= 0.3 is 0 Å². The number of piperazine rings is 1. The van der Waals surface area contributed by atoms with Gasteiger partial charge in [-0.15, -0.1) is 0 Å². The average Bonchev–Trinajstić information content (AvgIpc) is 2.36. The van der Waals surface area contributed by atoms with Gasteiger partial charge in [-0.1, -0.05) is 0 Å². The molecule has 2 rings (SSSR count). The smallest absolute Gasteiger partial charge is 0.276 e. The van der Waals surface area contributed by atoms with Crippen LogP contribution in [0.4, 0.5) is 0 Å². The third kappa shape index (κ3) is 1.76. The third-order valence-electron chi connectivity index (χ3n) is 3.06. The van der Waals surface area contributed by atoms with Crippen molar-refractivity contribution in [1.82, 2.24) is 10.6 Å². The van der Waals surface area contributed by atoms with Gasteiger partial charge in [-0.25, -0.2) is 0 Å². The number of aliphatic hydroxyl groups is 4. The Bertz CT molecular complexity index is 374. The topological polar surface area (TPSA) is 148 Å². The van der Waals surface area contributed by atoms with Crippen molar-refractivity contribution < 1.29 is 34.8 Å². The lowest BCUT2D eigenvalue weighted by Crippen LogP contribution is -2.79. The second-order valence-corrected chi connectivity index (χ2v) is 4.23. The van der Waals surface area contributed by atoms with E-state index in [-0.39, 0.29) is 6.54 Å². The molecule has 0 aromatic carbocycles. The highest BCUT2D eigenvalue weighted by molar-refractivity contribution is 5.97. The normalized spacial score (nSPS) is 44.7. The highest BCUT2D eigenvalue weighted by Gasteiger charge is 2.60. The molecule has 9 nitrogen and oxygen atoms in total. The molecule has 2 aliphatic rings. The van der Waals surface area contributed by atoms with E-state index < -0.39 is 48.6 Å². The van der Waals surface area contributed by atoms with E-state index in [0.717, 1.165) is 0 Å². The zero-order valence-electron chi connectivity index (χ0n) is 9.24. The number of nitrogens with one attached hydrogen (secondary N) is 2. The fourth-order valence-corrected chi connectivity index (χ4v) is 2.06. The minimum absolute atomic E-state index is 0.279. The summed E-state index contributed by atoms with van der Waals surface area (Å²) >= 11 is 0. The lowest BCUT2D eigenvalue weighted by molar-refractivity contribution is -0.275. The van der Waals surface area contributed by atoms with Crippen molar-refractivity contribution in [2.75, 3.05) is 13.2 Å². The summed E-state index contributed by atoms with van der Waals surface area (Å²) in [7, 11) is 0. The van der Waals surface area contributed by atoms with Crippen molar-refractivity contribution in [3.63, 3.8) is 0 Å². The average molecular weight is 262 g/mol. The van der Waals surface area contributed by atoms with Crippen LogP contribution in [0.1, 0.15) is 0 Å². The molecule has 0 aliphatic carbocycles. The molecule has 6 N–H and O–H groups in total. The van der Waals surface area contributed by atoms with Crippen molar-refractivity contribution in [1.29, 1.82) is 0 Å². The summed E-state index contributed by atoms with van der Waals surface area (Å²) in [5.74, 6) is -1.46. The summed E-state index contributed by atoms with van der Waals surface area (Å²) in [6.45, 7) is -0.963. The Balaban J connectivity index is 2.34. The monoisotopic (exact) mass is 262 g/mol. The van der Waals surface area contributed by atoms with Gasteiger partial charge in [-0.05, 0) is 0 Å². The van der Waals surface area contributed by atoms with Crippen molar-refractivity contribution in [3.05, 3.63) is 0 Å². The van der Waals surface area contributed by atoms with Gasteiger partial charge in [0, 0.05) is 0 Å². The first-order chi connectivity index (χ1) is 8.42. The van der Waals surface area contributed by atoms with E-state index in [1.165, 1.54) is 0 Å².